The van der Waals surface area contributed by atoms with Crippen LogP contribution in [-0.4, -0.2) is 42.1 Å². The molecule has 3 aliphatic heterocycles. The molecule has 0 radical (unpaired) electrons. The van der Waals surface area contributed by atoms with Crippen molar-refractivity contribution in [3.63, 3.8) is 0 Å². The predicted molar refractivity (Wildman–Crippen MR) is 86.6 cm³/mol. The maximum atomic E-state index is 9.35. The minimum atomic E-state index is 0.646. The van der Waals surface area contributed by atoms with Crippen molar-refractivity contribution in [2.24, 2.45) is 11.8 Å². The summed E-state index contributed by atoms with van der Waals surface area (Å²) in [6.07, 6.45) is 8.74. The lowest BCUT2D eigenvalue weighted by Crippen LogP contribution is -2.47. The zero-order valence-electron chi connectivity index (χ0n) is 13.1. The van der Waals surface area contributed by atoms with E-state index < -0.39 is 0 Å². The Labute approximate surface area is 132 Å². The Hall–Kier alpha value is -1.60. The van der Waals surface area contributed by atoms with Crippen molar-refractivity contribution in [3.05, 3.63) is 23.9 Å². The van der Waals surface area contributed by atoms with E-state index in [1.165, 1.54) is 45.2 Å². The summed E-state index contributed by atoms with van der Waals surface area (Å²) in [5.41, 5.74) is 0.717. The molecule has 1 saturated carbocycles. The van der Waals surface area contributed by atoms with E-state index in [0.29, 0.717) is 11.6 Å². The summed E-state index contributed by atoms with van der Waals surface area (Å²) in [6.45, 7) is 4.63. The van der Waals surface area contributed by atoms with Gasteiger partial charge in [-0.25, -0.2) is 4.98 Å². The molecule has 3 saturated heterocycles. The summed E-state index contributed by atoms with van der Waals surface area (Å²) in [6, 6.07) is 6.70. The van der Waals surface area contributed by atoms with Crippen molar-refractivity contribution >= 4 is 5.82 Å². The van der Waals surface area contributed by atoms with Crippen molar-refractivity contribution < 1.29 is 0 Å². The summed E-state index contributed by atoms with van der Waals surface area (Å²) in [7, 11) is 0. The monoisotopic (exact) mass is 296 g/mol. The minimum absolute atomic E-state index is 0.646. The van der Waals surface area contributed by atoms with Crippen LogP contribution < -0.4 is 4.90 Å². The van der Waals surface area contributed by atoms with Crippen molar-refractivity contribution in [2.45, 2.75) is 38.1 Å². The predicted octanol–water partition coefficient (Wildman–Crippen LogP) is 2.65. The third-order valence-corrected chi connectivity index (χ3v) is 5.75. The van der Waals surface area contributed by atoms with Crippen LogP contribution >= 0.6 is 0 Å². The summed E-state index contributed by atoms with van der Waals surface area (Å²) in [5.74, 6) is 2.57. The first-order valence-corrected chi connectivity index (χ1v) is 8.67. The van der Waals surface area contributed by atoms with E-state index >= 15 is 0 Å². The van der Waals surface area contributed by atoms with E-state index in [2.05, 4.69) is 20.9 Å². The average molecular weight is 296 g/mol. The molecule has 2 atom stereocenters. The molecule has 0 unspecified atom stereocenters. The highest BCUT2D eigenvalue weighted by molar-refractivity contribution is 5.53. The van der Waals surface area contributed by atoms with Gasteiger partial charge in [-0.05, 0) is 49.7 Å². The van der Waals surface area contributed by atoms with Crippen LogP contribution in [0, 0.1) is 23.2 Å². The number of pyridine rings is 1. The van der Waals surface area contributed by atoms with E-state index in [0.717, 1.165) is 30.7 Å². The molecule has 1 aromatic rings. The quantitative estimate of drug-likeness (QED) is 0.860. The third-order valence-electron chi connectivity index (χ3n) is 5.75. The number of fused-ring (bicyclic) bond motifs is 4. The average Bonchev–Trinajstić information content (AvgIpc) is 2.82. The number of hydrogen-bond donors (Lipinski definition) is 0. The first-order chi connectivity index (χ1) is 10.8. The van der Waals surface area contributed by atoms with Crippen molar-refractivity contribution in [2.75, 3.05) is 31.1 Å². The Balaban J connectivity index is 1.53. The Kier molecular flexibility index (Phi) is 3.75. The smallest absolute Gasteiger partial charge is 0.146 e. The van der Waals surface area contributed by atoms with Crippen molar-refractivity contribution in [1.29, 1.82) is 5.26 Å². The van der Waals surface area contributed by atoms with Gasteiger partial charge in [-0.2, -0.15) is 5.26 Å². The van der Waals surface area contributed by atoms with Gasteiger partial charge >= 0.3 is 0 Å². The summed E-state index contributed by atoms with van der Waals surface area (Å²) in [4.78, 5) is 9.63. The second-order valence-electron chi connectivity index (χ2n) is 7.24. The van der Waals surface area contributed by atoms with Gasteiger partial charge in [0.2, 0.25) is 0 Å². The number of nitriles is 1. The SMILES string of the molecule is N#Cc1cccnc1N1C[C@@H]2CC[C@H](C1)N(CC1CCC1)C2. The number of piperidine rings is 1. The fraction of sp³-hybridized carbons (Fsp3) is 0.667. The van der Waals surface area contributed by atoms with Crippen LogP contribution in [0.4, 0.5) is 5.82 Å². The summed E-state index contributed by atoms with van der Waals surface area (Å²) >= 11 is 0. The highest BCUT2D eigenvalue weighted by atomic mass is 15.3. The van der Waals surface area contributed by atoms with Gasteiger partial charge in [0.15, 0.2) is 0 Å². The Bertz CT molecular complexity index is 575. The number of aromatic nitrogens is 1. The Morgan fingerprint density at radius 3 is 2.86 bits per heavy atom. The molecule has 0 aromatic carbocycles. The van der Waals surface area contributed by atoms with Crippen LogP contribution in [0.25, 0.3) is 0 Å². The number of anilines is 1. The maximum Gasteiger partial charge on any atom is 0.146 e. The second-order valence-corrected chi connectivity index (χ2v) is 7.24. The van der Waals surface area contributed by atoms with Crippen LogP contribution in [0.2, 0.25) is 0 Å². The van der Waals surface area contributed by atoms with E-state index in [-0.39, 0.29) is 0 Å². The molecule has 116 valence electrons. The highest BCUT2D eigenvalue weighted by Gasteiger charge is 2.37. The summed E-state index contributed by atoms with van der Waals surface area (Å²) in [5, 5.41) is 9.35. The van der Waals surface area contributed by atoms with Crippen LogP contribution in [0.1, 0.15) is 37.7 Å². The molecule has 22 heavy (non-hydrogen) atoms. The Morgan fingerprint density at radius 1 is 1.18 bits per heavy atom. The van der Waals surface area contributed by atoms with Crippen LogP contribution in [0.3, 0.4) is 0 Å². The van der Waals surface area contributed by atoms with Crippen LogP contribution in [0.15, 0.2) is 18.3 Å². The molecule has 4 fully saturated rings. The molecule has 0 N–H and O–H groups in total. The standard InChI is InChI=1S/C18H24N4/c19-9-16-5-2-8-20-18(16)22-12-15-6-7-17(13-22)21(11-15)10-14-3-1-4-14/h2,5,8,14-15,17H,1,3-4,6-7,10-13H2/t15-,17-/m1/s1. The molecule has 4 heterocycles. The molecular weight excluding hydrogens is 272 g/mol. The lowest BCUT2D eigenvalue weighted by molar-refractivity contribution is 0.0917. The zero-order valence-corrected chi connectivity index (χ0v) is 13.1. The van der Waals surface area contributed by atoms with E-state index in [1.807, 2.05) is 18.3 Å². The molecule has 4 nitrogen and oxygen atoms in total. The first-order valence-electron chi connectivity index (χ1n) is 8.67. The van der Waals surface area contributed by atoms with Crippen LogP contribution in [0.5, 0.6) is 0 Å². The lowest BCUT2D eigenvalue weighted by Gasteiger charge is -2.40. The highest BCUT2D eigenvalue weighted by Crippen LogP contribution is 2.34. The molecule has 0 amide bonds. The lowest BCUT2D eigenvalue weighted by atomic mass is 9.83. The van der Waals surface area contributed by atoms with Gasteiger partial charge in [-0.15, -0.1) is 0 Å². The maximum absolute atomic E-state index is 9.35. The Morgan fingerprint density at radius 2 is 2.09 bits per heavy atom. The van der Waals surface area contributed by atoms with Gasteiger partial charge in [0.1, 0.15) is 11.9 Å². The molecule has 2 bridgehead atoms. The topological polar surface area (TPSA) is 43.2 Å². The first kappa shape index (κ1) is 14.0. The third kappa shape index (κ3) is 2.59. The largest absolute Gasteiger partial charge is 0.354 e. The fourth-order valence-corrected chi connectivity index (χ4v) is 4.32. The molecule has 4 aliphatic rings. The zero-order chi connectivity index (χ0) is 14.9. The number of rotatable bonds is 3. The summed E-state index contributed by atoms with van der Waals surface area (Å²) < 4.78 is 0. The van der Waals surface area contributed by atoms with Crippen LogP contribution in [-0.2, 0) is 0 Å². The number of nitrogens with zero attached hydrogens (tertiary/aromatic N) is 4. The molecule has 1 aliphatic carbocycles. The number of hydrogen-bond acceptors (Lipinski definition) is 4. The van der Waals surface area contributed by atoms with Crippen molar-refractivity contribution in [1.82, 2.24) is 9.88 Å². The van der Waals surface area contributed by atoms with Gasteiger partial charge in [0.25, 0.3) is 0 Å². The molecule has 0 spiro atoms. The van der Waals surface area contributed by atoms with Gasteiger partial charge in [-0.3, -0.25) is 4.90 Å². The van der Waals surface area contributed by atoms with Gasteiger partial charge in [0, 0.05) is 38.4 Å². The van der Waals surface area contributed by atoms with Crippen molar-refractivity contribution in [3.8, 4) is 6.07 Å². The van der Waals surface area contributed by atoms with Gasteiger partial charge < -0.3 is 4.90 Å². The van der Waals surface area contributed by atoms with E-state index in [1.54, 1.807) is 0 Å². The van der Waals surface area contributed by atoms with E-state index in [9.17, 15) is 5.26 Å². The van der Waals surface area contributed by atoms with Gasteiger partial charge in [0.05, 0.1) is 5.56 Å². The second kappa shape index (κ2) is 5.89. The molecule has 1 aromatic heterocycles. The van der Waals surface area contributed by atoms with Gasteiger partial charge in [-0.1, -0.05) is 6.42 Å². The van der Waals surface area contributed by atoms with E-state index in [4.69, 9.17) is 0 Å². The molecular formula is C18H24N4. The molecule has 5 rings (SSSR count). The minimum Gasteiger partial charge on any atom is -0.354 e. The fourth-order valence-electron chi connectivity index (χ4n) is 4.32. The normalized spacial score (nSPS) is 29.0. The molecule has 4 heteroatoms.